The third kappa shape index (κ3) is 3.82. The van der Waals surface area contributed by atoms with Crippen LogP contribution in [0.2, 0.25) is 0 Å². The lowest BCUT2D eigenvalue weighted by Gasteiger charge is -2.26. The van der Waals surface area contributed by atoms with Crippen molar-refractivity contribution in [3.05, 3.63) is 21.9 Å². The highest BCUT2D eigenvalue weighted by Gasteiger charge is 2.26. The molecule has 0 atom stereocenters. The Labute approximate surface area is 122 Å². The maximum absolute atomic E-state index is 12.2. The first kappa shape index (κ1) is 15.0. The molecule has 0 radical (unpaired) electrons. The number of aliphatic hydroxyl groups excluding tert-OH is 1. The molecule has 108 valence electrons. The Morgan fingerprint density at radius 3 is 2.75 bits per heavy atom. The molecule has 5 nitrogen and oxygen atoms in total. The van der Waals surface area contributed by atoms with Gasteiger partial charge in [-0.3, -0.25) is 4.79 Å². The zero-order valence-electron chi connectivity index (χ0n) is 10.8. The molecule has 2 heterocycles. The number of aliphatic hydroxyl groups is 1. The molecule has 1 N–H and O–H groups in total. The third-order valence-corrected chi connectivity index (χ3v) is 5.38. The lowest BCUT2D eigenvalue weighted by Crippen LogP contribution is -2.43. The Morgan fingerprint density at radius 2 is 2.10 bits per heavy atom. The summed E-state index contributed by atoms with van der Waals surface area (Å²) in [6.07, 6.45) is 0.408. The Kier molecular flexibility index (Phi) is 4.81. The summed E-state index contributed by atoms with van der Waals surface area (Å²) in [5.41, 5.74) is 0.544. The fraction of sp³-hybridized carbons (Fsp3) is 0.462. The molecule has 0 saturated carbocycles. The van der Waals surface area contributed by atoms with E-state index in [0.717, 1.165) is 4.88 Å². The smallest absolute Gasteiger partial charge is 0.254 e. The van der Waals surface area contributed by atoms with Gasteiger partial charge in [-0.2, -0.15) is 0 Å². The molecule has 1 aliphatic rings. The SMILES string of the molecule is O=C(c1csc(C#CCCO)c1)N1CCS(=O)(=O)CC1. The molecule has 2 rings (SSSR count). The monoisotopic (exact) mass is 313 g/mol. The molecular formula is C13H15NO4S2. The lowest BCUT2D eigenvalue weighted by molar-refractivity contribution is 0.0771. The fourth-order valence-electron chi connectivity index (χ4n) is 1.82. The van der Waals surface area contributed by atoms with E-state index >= 15 is 0 Å². The number of carbonyl (C=O) groups is 1. The van der Waals surface area contributed by atoms with E-state index in [9.17, 15) is 13.2 Å². The van der Waals surface area contributed by atoms with Crippen molar-refractivity contribution >= 4 is 27.1 Å². The summed E-state index contributed by atoms with van der Waals surface area (Å²) in [6.45, 7) is 0.525. The molecule has 1 amide bonds. The van der Waals surface area contributed by atoms with E-state index in [1.165, 1.54) is 11.3 Å². The van der Waals surface area contributed by atoms with Crippen LogP contribution in [0.15, 0.2) is 11.4 Å². The zero-order valence-corrected chi connectivity index (χ0v) is 12.5. The summed E-state index contributed by atoms with van der Waals surface area (Å²) < 4.78 is 22.7. The Hall–Kier alpha value is -1.36. The highest BCUT2D eigenvalue weighted by atomic mass is 32.2. The summed E-state index contributed by atoms with van der Waals surface area (Å²) in [5, 5.41) is 10.4. The molecule has 20 heavy (non-hydrogen) atoms. The van der Waals surface area contributed by atoms with Gasteiger partial charge < -0.3 is 10.0 Å². The van der Waals surface area contributed by atoms with Crippen LogP contribution in [0.1, 0.15) is 21.7 Å². The molecule has 1 aromatic rings. The van der Waals surface area contributed by atoms with Crippen molar-refractivity contribution < 1.29 is 18.3 Å². The second-order valence-corrected chi connectivity index (χ2v) is 7.63. The number of amides is 1. The minimum absolute atomic E-state index is 0.0203. The van der Waals surface area contributed by atoms with Gasteiger partial charge in [-0.1, -0.05) is 11.8 Å². The van der Waals surface area contributed by atoms with Gasteiger partial charge in [0.2, 0.25) is 0 Å². The Bertz CT molecular complexity index is 637. The second kappa shape index (κ2) is 6.39. The van der Waals surface area contributed by atoms with Crippen LogP contribution in [-0.2, 0) is 9.84 Å². The van der Waals surface area contributed by atoms with Crippen molar-refractivity contribution in [2.24, 2.45) is 0 Å². The van der Waals surface area contributed by atoms with Gasteiger partial charge >= 0.3 is 0 Å². The normalized spacial score (nSPS) is 17.4. The largest absolute Gasteiger partial charge is 0.395 e. The van der Waals surface area contributed by atoms with Gasteiger partial charge in [-0.25, -0.2) is 8.42 Å². The Morgan fingerprint density at radius 1 is 1.40 bits per heavy atom. The molecule has 0 unspecified atom stereocenters. The van der Waals surface area contributed by atoms with Crippen LogP contribution in [0, 0.1) is 11.8 Å². The van der Waals surface area contributed by atoms with Crippen LogP contribution in [0.4, 0.5) is 0 Å². The number of rotatable bonds is 2. The maximum atomic E-state index is 12.2. The second-order valence-electron chi connectivity index (χ2n) is 4.42. The van der Waals surface area contributed by atoms with Crippen LogP contribution >= 0.6 is 11.3 Å². The molecule has 7 heteroatoms. The van der Waals surface area contributed by atoms with Gasteiger partial charge in [-0.15, -0.1) is 11.3 Å². The van der Waals surface area contributed by atoms with Crippen LogP contribution in [0.3, 0.4) is 0 Å². The van der Waals surface area contributed by atoms with Gasteiger partial charge in [0.1, 0.15) is 0 Å². The van der Waals surface area contributed by atoms with Crippen LogP contribution < -0.4 is 0 Å². The molecular weight excluding hydrogens is 298 g/mol. The fourth-order valence-corrected chi connectivity index (χ4v) is 3.77. The minimum atomic E-state index is -2.98. The summed E-state index contributed by atoms with van der Waals surface area (Å²) in [4.78, 5) is 14.5. The predicted octanol–water partition coefficient (Wildman–Crippen LogP) is 0.353. The number of hydrogen-bond acceptors (Lipinski definition) is 5. The van der Waals surface area contributed by atoms with Crippen LogP contribution in [-0.4, -0.2) is 55.5 Å². The molecule has 0 spiro atoms. The van der Waals surface area contributed by atoms with Gasteiger partial charge in [-0.05, 0) is 6.07 Å². The van der Waals surface area contributed by atoms with Gasteiger partial charge in [0, 0.05) is 24.9 Å². The molecule has 0 bridgehead atoms. The van der Waals surface area contributed by atoms with Crippen molar-refractivity contribution in [3.63, 3.8) is 0 Å². The van der Waals surface area contributed by atoms with Gasteiger partial charge in [0.25, 0.3) is 5.91 Å². The number of nitrogens with zero attached hydrogens (tertiary/aromatic N) is 1. The van der Waals surface area contributed by atoms with E-state index in [4.69, 9.17) is 5.11 Å². The number of sulfone groups is 1. The quantitative estimate of drug-likeness (QED) is 0.800. The van der Waals surface area contributed by atoms with Crippen LogP contribution in [0.25, 0.3) is 0 Å². The van der Waals surface area contributed by atoms with Crippen molar-refractivity contribution in [2.75, 3.05) is 31.2 Å². The summed E-state index contributed by atoms with van der Waals surface area (Å²) in [5.74, 6) is 5.60. The maximum Gasteiger partial charge on any atom is 0.254 e. The topological polar surface area (TPSA) is 74.7 Å². The van der Waals surface area contributed by atoms with Gasteiger partial charge in [0.05, 0.1) is 28.6 Å². The van der Waals surface area contributed by atoms with Crippen molar-refractivity contribution in [3.8, 4) is 11.8 Å². The number of thiophene rings is 1. The summed E-state index contributed by atoms with van der Waals surface area (Å²) in [6, 6.07) is 1.71. The highest BCUT2D eigenvalue weighted by Crippen LogP contribution is 2.17. The molecule has 1 fully saturated rings. The summed E-state index contributed by atoms with van der Waals surface area (Å²) >= 11 is 1.37. The standard InChI is InChI=1S/C13H15NO4S2/c15-6-2-1-3-12-9-11(10-19-12)13(16)14-4-7-20(17,18)8-5-14/h9-10,15H,2,4-8H2. The van der Waals surface area contributed by atoms with E-state index < -0.39 is 9.84 Å². The van der Waals surface area contributed by atoms with Crippen molar-refractivity contribution in [1.82, 2.24) is 4.90 Å². The first-order valence-corrected chi connectivity index (χ1v) is 8.90. The number of carbonyl (C=O) groups excluding carboxylic acids is 1. The third-order valence-electron chi connectivity index (χ3n) is 2.93. The molecule has 0 aliphatic carbocycles. The van der Waals surface area contributed by atoms with Crippen LogP contribution in [0.5, 0.6) is 0 Å². The minimum Gasteiger partial charge on any atom is -0.395 e. The van der Waals surface area contributed by atoms with Crippen molar-refractivity contribution in [2.45, 2.75) is 6.42 Å². The zero-order chi connectivity index (χ0) is 14.6. The van der Waals surface area contributed by atoms with E-state index in [0.29, 0.717) is 12.0 Å². The molecule has 1 aromatic heterocycles. The van der Waals surface area contributed by atoms with E-state index in [-0.39, 0.29) is 37.1 Å². The lowest BCUT2D eigenvalue weighted by atomic mass is 10.2. The Balaban J connectivity index is 2.02. The van der Waals surface area contributed by atoms with E-state index in [1.54, 1.807) is 16.3 Å². The van der Waals surface area contributed by atoms with Crippen molar-refractivity contribution in [1.29, 1.82) is 0 Å². The molecule has 1 aliphatic heterocycles. The highest BCUT2D eigenvalue weighted by molar-refractivity contribution is 7.91. The first-order chi connectivity index (χ1) is 9.52. The average Bonchev–Trinajstić information content (AvgIpc) is 2.87. The molecule has 1 saturated heterocycles. The molecule has 0 aromatic carbocycles. The summed E-state index contributed by atoms with van der Waals surface area (Å²) in [7, 11) is -2.98. The van der Waals surface area contributed by atoms with E-state index in [1.807, 2.05) is 0 Å². The predicted molar refractivity (Wildman–Crippen MR) is 77.5 cm³/mol. The first-order valence-electron chi connectivity index (χ1n) is 6.20. The average molecular weight is 313 g/mol. The van der Waals surface area contributed by atoms with Gasteiger partial charge in [0.15, 0.2) is 9.84 Å². The van der Waals surface area contributed by atoms with E-state index in [2.05, 4.69) is 11.8 Å². The number of hydrogen-bond donors (Lipinski definition) is 1.